The Balaban J connectivity index is 1.47. The number of amides is 2. The first-order valence-corrected chi connectivity index (χ1v) is 10.7. The van der Waals surface area contributed by atoms with Gasteiger partial charge in [0, 0.05) is 34.8 Å². The highest BCUT2D eigenvalue weighted by Gasteiger charge is 2.37. The highest BCUT2D eigenvalue weighted by Crippen LogP contribution is 2.37. The number of carbonyl (C=O) groups is 2. The fourth-order valence-corrected chi connectivity index (χ4v) is 4.69. The highest BCUT2D eigenvalue weighted by molar-refractivity contribution is 6.21. The summed E-state index contributed by atoms with van der Waals surface area (Å²) in [6.45, 7) is 0.418. The van der Waals surface area contributed by atoms with Gasteiger partial charge in [-0.25, -0.2) is 9.38 Å². The number of benzene rings is 3. The Morgan fingerprint density at radius 2 is 1.88 bits per heavy atom. The summed E-state index contributed by atoms with van der Waals surface area (Å²) in [5.74, 6) is -1.11. The number of aromatic nitrogens is 1. The van der Waals surface area contributed by atoms with Gasteiger partial charge >= 0.3 is 0 Å². The molecule has 0 fully saturated rings. The smallest absolute Gasteiger partial charge is 0.272 e. The van der Waals surface area contributed by atoms with Crippen LogP contribution in [0.25, 0.3) is 10.9 Å². The molecule has 6 nitrogen and oxygen atoms in total. The van der Waals surface area contributed by atoms with Crippen LogP contribution in [0.2, 0.25) is 0 Å². The maximum absolute atomic E-state index is 14.5. The average Bonchev–Trinajstić information content (AvgIpc) is 3.43. The third kappa shape index (κ3) is 3.12. The second-order valence-corrected chi connectivity index (χ2v) is 8.17. The molecule has 0 unspecified atom stereocenters. The number of aliphatic imine (C=N–C) groups is 1. The van der Waals surface area contributed by atoms with Crippen molar-refractivity contribution in [3.8, 4) is 0 Å². The summed E-state index contributed by atoms with van der Waals surface area (Å²) in [6, 6.07) is 19.7. The van der Waals surface area contributed by atoms with Gasteiger partial charge in [-0.1, -0.05) is 48.5 Å². The Morgan fingerprint density at radius 1 is 1.09 bits per heavy atom. The molecule has 33 heavy (non-hydrogen) atoms. The van der Waals surface area contributed by atoms with Crippen LogP contribution in [-0.2, 0) is 11.2 Å². The van der Waals surface area contributed by atoms with Gasteiger partial charge in [0.2, 0.25) is 6.17 Å². The number of H-pyrrole nitrogens is 1. The van der Waals surface area contributed by atoms with Crippen molar-refractivity contribution in [3.05, 3.63) is 101 Å². The van der Waals surface area contributed by atoms with Gasteiger partial charge in [0.15, 0.2) is 0 Å². The molecule has 2 N–H and O–H groups in total. The van der Waals surface area contributed by atoms with Gasteiger partial charge in [0.25, 0.3) is 11.8 Å². The number of fused-ring (bicyclic) bond motifs is 1. The topological polar surface area (TPSA) is 77.6 Å². The van der Waals surface area contributed by atoms with Gasteiger partial charge in [0.05, 0.1) is 17.0 Å². The molecule has 2 amide bonds. The van der Waals surface area contributed by atoms with Crippen LogP contribution in [-0.4, -0.2) is 35.2 Å². The second-order valence-electron chi connectivity index (χ2n) is 8.17. The first kappa shape index (κ1) is 19.4. The fraction of sp³-hybridized carbons (Fsp3) is 0.115. The van der Waals surface area contributed by atoms with E-state index >= 15 is 0 Å². The SMILES string of the molecule is O=C(N[C@@H]1N=C(c2ccccc2)c2cc(F)cc3c2N(CC3)C1=O)c1c[nH]c2ccccc12. The Morgan fingerprint density at radius 3 is 2.73 bits per heavy atom. The van der Waals surface area contributed by atoms with Gasteiger partial charge in [-0.3, -0.25) is 9.59 Å². The lowest BCUT2D eigenvalue weighted by Crippen LogP contribution is -2.46. The van der Waals surface area contributed by atoms with Gasteiger partial charge in [-0.05, 0) is 30.2 Å². The van der Waals surface area contributed by atoms with Crippen molar-refractivity contribution in [1.82, 2.24) is 10.3 Å². The van der Waals surface area contributed by atoms with Gasteiger partial charge < -0.3 is 15.2 Å². The van der Waals surface area contributed by atoms with Crippen molar-refractivity contribution in [2.75, 3.05) is 11.4 Å². The zero-order valence-corrected chi connectivity index (χ0v) is 17.5. The summed E-state index contributed by atoms with van der Waals surface area (Å²) in [6.07, 6.45) is 1.04. The number of nitrogens with zero attached hydrogens (tertiary/aromatic N) is 2. The van der Waals surface area contributed by atoms with Crippen molar-refractivity contribution in [2.24, 2.45) is 4.99 Å². The third-order valence-corrected chi connectivity index (χ3v) is 6.19. The first-order valence-electron chi connectivity index (χ1n) is 10.7. The van der Waals surface area contributed by atoms with Gasteiger partial charge in [-0.2, -0.15) is 0 Å². The zero-order valence-electron chi connectivity index (χ0n) is 17.5. The summed E-state index contributed by atoms with van der Waals surface area (Å²) in [5, 5.41) is 3.57. The van der Waals surface area contributed by atoms with E-state index in [0.29, 0.717) is 35.5 Å². The molecule has 3 aromatic carbocycles. The number of hydrogen-bond donors (Lipinski definition) is 2. The van der Waals surface area contributed by atoms with Crippen LogP contribution in [0.3, 0.4) is 0 Å². The number of rotatable bonds is 3. The number of aromatic amines is 1. The molecule has 2 aliphatic heterocycles. The molecule has 0 spiro atoms. The molecule has 6 rings (SSSR count). The molecule has 3 heterocycles. The standard InChI is InChI=1S/C26H19FN4O2/c27-17-12-16-10-11-31-23(16)19(13-17)22(15-6-2-1-3-7-15)29-24(26(31)33)30-25(32)20-14-28-21-9-5-4-8-18(20)21/h1-9,12-14,24,28H,10-11H2,(H,30,32)/t24-/m0/s1. The predicted molar refractivity (Wildman–Crippen MR) is 124 cm³/mol. The van der Waals surface area contributed by atoms with Gasteiger partial charge in [-0.15, -0.1) is 0 Å². The Labute approximate surface area is 188 Å². The molecule has 0 aliphatic carbocycles. The summed E-state index contributed by atoms with van der Waals surface area (Å²) >= 11 is 0. The molecule has 162 valence electrons. The predicted octanol–water partition coefficient (Wildman–Crippen LogP) is 3.80. The van der Waals surface area contributed by atoms with Gasteiger partial charge in [0.1, 0.15) is 5.82 Å². The van der Waals surface area contributed by atoms with Crippen LogP contribution < -0.4 is 10.2 Å². The van der Waals surface area contributed by atoms with E-state index in [-0.39, 0.29) is 11.7 Å². The number of nitrogens with one attached hydrogen (secondary N) is 2. The van der Waals surface area contributed by atoms with Crippen molar-refractivity contribution >= 4 is 34.1 Å². The number of carbonyl (C=O) groups excluding carboxylic acids is 2. The van der Waals surface area contributed by atoms with Crippen LogP contribution in [0.1, 0.15) is 27.0 Å². The van der Waals surface area contributed by atoms with E-state index in [1.807, 2.05) is 54.6 Å². The van der Waals surface area contributed by atoms with E-state index in [1.54, 1.807) is 11.1 Å². The number of hydrogen-bond acceptors (Lipinski definition) is 3. The van der Waals surface area contributed by atoms with E-state index in [0.717, 1.165) is 22.0 Å². The number of anilines is 1. The van der Waals surface area contributed by atoms with Crippen molar-refractivity contribution < 1.29 is 14.0 Å². The lowest BCUT2D eigenvalue weighted by atomic mass is 9.98. The van der Waals surface area contributed by atoms with E-state index in [1.165, 1.54) is 12.1 Å². The summed E-state index contributed by atoms with van der Waals surface area (Å²) in [7, 11) is 0. The van der Waals surface area contributed by atoms with Crippen LogP contribution in [0.15, 0.2) is 77.9 Å². The van der Waals surface area contributed by atoms with E-state index in [2.05, 4.69) is 15.3 Å². The lowest BCUT2D eigenvalue weighted by Gasteiger charge is -2.21. The minimum absolute atomic E-state index is 0.333. The highest BCUT2D eigenvalue weighted by atomic mass is 19.1. The maximum Gasteiger partial charge on any atom is 0.272 e. The summed E-state index contributed by atoms with van der Waals surface area (Å²) in [5.41, 5.74) is 4.50. The zero-order chi connectivity index (χ0) is 22.5. The molecule has 1 aromatic heterocycles. The molecule has 7 heteroatoms. The Kier molecular flexibility index (Phi) is 4.36. The molecular formula is C26H19FN4O2. The van der Waals surface area contributed by atoms with Crippen LogP contribution in [0.5, 0.6) is 0 Å². The van der Waals surface area contributed by atoms with Crippen molar-refractivity contribution in [3.63, 3.8) is 0 Å². The maximum atomic E-state index is 14.5. The molecular weight excluding hydrogens is 419 g/mol. The monoisotopic (exact) mass is 438 g/mol. The summed E-state index contributed by atoms with van der Waals surface area (Å²) in [4.78, 5) is 36.1. The molecule has 2 aliphatic rings. The normalized spacial score (nSPS) is 17.0. The van der Waals surface area contributed by atoms with Crippen molar-refractivity contribution in [1.29, 1.82) is 0 Å². The molecule has 1 atom stereocenters. The lowest BCUT2D eigenvalue weighted by molar-refractivity contribution is -0.120. The Hall–Kier alpha value is -4.26. The first-order chi connectivity index (χ1) is 16.1. The quantitative estimate of drug-likeness (QED) is 0.510. The largest absolute Gasteiger partial charge is 0.360 e. The number of para-hydroxylation sites is 1. The average molecular weight is 438 g/mol. The molecule has 0 saturated heterocycles. The third-order valence-electron chi connectivity index (χ3n) is 6.19. The van der Waals surface area contributed by atoms with E-state index < -0.39 is 12.1 Å². The van der Waals surface area contributed by atoms with E-state index in [9.17, 15) is 14.0 Å². The second kappa shape index (κ2) is 7.41. The minimum Gasteiger partial charge on any atom is -0.360 e. The van der Waals surface area contributed by atoms with Crippen LogP contribution in [0.4, 0.5) is 10.1 Å². The molecule has 0 saturated carbocycles. The van der Waals surface area contributed by atoms with Crippen LogP contribution in [0, 0.1) is 5.82 Å². The van der Waals surface area contributed by atoms with E-state index in [4.69, 9.17) is 0 Å². The van der Waals surface area contributed by atoms with Crippen molar-refractivity contribution in [2.45, 2.75) is 12.6 Å². The molecule has 4 aromatic rings. The van der Waals surface area contributed by atoms with Crippen LogP contribution >= 0.6 is 0 Å². The fourth-order valence-electron chi connectivity index (χ4n) is 4.69. The molecule has 0 radical (unpaired) electrons. The molecule has 0 bridgehead atoms. The Bertz CT molecular complexity index is 1460. The summed E-state index contributed by atoms with van der Waals surface area (Å²) < 4.78 is 14.5. The number of halogens is 1. The minimum atomic E-state index is -1.14.